The highest BCUT2D eigenvalue weighted by atomic mass is 16.5. The molecule has 2 unspecified atom stereocenters. The van der Waals surface area contributed by atoms with Gasteiger partial charge < -0.3 is 9.30 Å². The molecule has 6 heteroatoms. The molecular weight excluding hydrogens is 615 g/mol. The maximum absolute atomic E-state index is 7.07. The van der Waals surface area contributed by atoms with Gasteiger partial charge in [-0.15, -0.1) is 0 Å². The van der Waals surface area contributed by atoms with Gasteiger partial charge in [-0.1, -0.05) is 109 Å². The van der Waals surface area contributed by atoms with Crippen molar-refractivity contribution in [3.63, 3.8) is 0 Å². The summed E-state index contributed by atoms with van der Waals surface area (Å²) >= 11 is 0. The smallest absolute Gasteiger partial charge is 0.182 e. The van der Waals surface area contributed by atoms with Crippen LogP contribution in [0.4, 0.5) is 0 Å². The molecule has 0 N–H and O–H groups in total. The lowest BCUT2D eigenvalue weighted by molar-refractivity contribution is 0.225. The van der Waals surface area contributed by atoms with Crippen molar-refractivity contribution in [3.8, 4) is 56.9 Å². The molecule has 1 aliphatic carbocycles. The first-order valence-corrected chi connectivity index (χ1v) is 16.8. The van der Waals surface area contributed by atoms with Crippen LogP contribution < -0.4 is 4.74 Å². The molecule has 6 nitrogen and oxygen atoms in total. The maximum atomic E-state index is 7.07. The molecule has 2 atom stereocenters. The SMILES string of the molecule is C1=CC2c3cccc(-c4nc(-c5cccc(-c6ccccc6)c5)nc(-c5ccccn5)n4)c3OC2c2c1n(-c1ccccc1)c1ccccc21. The summed E-state index contributed by atoms with van der Waals surface area (Å²) in [6, 6.07) is 49.9. The first-order chi connectivity index (χ1) is 24.8. The lowest BCUT2D eigenvalue weighted by atomic mass is 9.85. The van der Waals surface area contributed by atoms with Gasteiger partial charge in [0.05, 0.1) is 16.8 Å². The Balaban J connectivity index is 1.12. The Morgan fingerprint density at radius 1 is 0.580 bits per heavy atom. The van der Waals surface area contributed by atoms with E-state index in [1.807, 2.05) is 48.5 Å². The van der Waals surface area contributed by atoms with Crippen LogP contribution in [0.15, 0.2) is 158 Å². The van der Waals surface area contributed by atoms with Gasteiger partial charge in [0.2, 0.25) is 0 Å². The summed E-state index contributed by atoms with van der Waals surface area (Å²) in [5.41, 5.74) is 10.4. The van der Waals surface area contributed by atoms with Gasteiger partial charge in [0.1, 0.15) is 17.5 Å². The van der Waals surface area contributed by atoms with Crippen LogP contribution in [0, 0.1) is 0 Å². The van der Waals surface area contributed by atoms with E-state index in [2.05, 4.69) is 119 Å². The van der Waals surface area contributed by atoms with Crippen molar-refractivity contribution in [3.05, 3.63) is 175 Å². The molecule has 0 saturated carbocycles. The van der Waals surface area contributed by atoms with Crippen LogP contribution in [0.3, 0.4) is 0 Å². The van der Waals surface area contributed by atoms with E-state index in [1.165, 1.54) is 10.9 Å². The van der Waals surface area contributed by atoms with Crippen molar-refractivity contribution >= 4 is 17.0 Å². The summed E-state index contributed by atoms with van der Waals surface area (Å²) in [6.07, 6.45) is 6.11. The van der Waals surface area contributed by atoms with E-state index < -0.39 is 0 Å². The van der Waals surface area contributed by atoms with Crippen molar-refractivity contribution in [1.29, 1.82) is 0 Å². The maximum Gasteiger partial charge on any atom is 0.182 e. The number of benzene rings is 5. The minimum absolute atomic E-state index is 0.0478. The highest BCUT2D eigenvalue weighted by Crippen LogP contribution is 2.55. The quantitative estimate of drug-likeness (QED) is 0.187. The molecule has 10 rings (SSSR count). The Kier molecular flexibility index (Phi) is 6.52. The minimum atomic E-state index is -0.194. The number of ether oxygens (including phenoxy) is 1. The Morgan fingerprint density at radius 2 is 1.30 bits per heavy atom. The molecule has 50 heavy (non-hydrogen) atoms. The summed E-state index contributed by atoms with van der Waals surface area (Å²) in [7, 11) is 0. The Labute approximate surface area is 289 Å². The van der Waals surface area contributed by atoms with E-state index in [-0.39, 0.29) is 12.0 Å². The van der Waals surface area contributed by atoms with Crippen LogP contribution in [0.2, 0.25) is 0 Å². The molecule has 0 saturated heterocycles. The van der Waals surface area contributed by atoms with Gasteiger partial charge in [0.15, 0.2) is 17.5 Å². The number of hydrogen-bond acceptors (Lipinski definition) is 5. The van der Waals surface area contributed by atoms with Gasteiger partial charge in [-0.05, 0) is 59.7 Å². The number of rotatable bonds is 5. The first-order valence-electron chi connectivity index (χ1n) is 16.8. The van der Waals surface area contributed by atoms with Gasteiger partial charge >= 0.3 is 0 Å². The summed E-state index contributed by atoms with van der Waals surface area (Å²) in [6.45, 7) is 0. The summed E-state index contributed by atoms with van der Waals surface area (Å²) in [5, 5.41) is 1.19. The van der Waals surface area contributed by atoms with Crippen LogP contribution >= 0.6 is 0 Å². The summed E-state index contributed by atoms with van der Waals surface area (Å²) in [4.78, 5) is 19.7. The van der Waals surface area contributed by atoms with Gasteiger partial charge in [-0.25, -0.2) is 15.0 Å². The predicted molar refractivity (Wildman–Crippen MR) is 198 cm³/mol. The Morgan fingerprint density at radius 3 is 2.16 bits per heavy atom. The largest absolute Gasteiger partial charge is 0.484 e. The molecule has 0 fully saturated rings. The zero-order valence-electron chi connectivity index (χ0n) is 26.9. The Hall–Kier alpha value is -6.66. The summed E-state index contributed by atoms with van der Waals surface area (Å²) < 4.78 is 9.41. The van der Waals surface area contributed by atoms with Crippen molar-refractivity contribution in [1.82, 2.24) is 24.5 Å². The standard InChI is InChI=1S/C44H29N5O/c1-3-13-28(14-4-1)29-15-11-16-30(27-29)42-46-43(48-44(47-42)36-22-9-10-26-45-36)35-21-12-20-32-33-24-25-38-39(41(33)50-40(32)35)34-19-7-8-23-37(34)49(38)31-17-5-2-6-18-31/h1-27,33,41H. The van der Waals surface area contributed by atoms with Crippen LogP contribution in [0.5, 0.6) is 5.75 Å². The van der Waals surface area contributed by atoms with Crippen LogP contribution in [-0.4, -0.2) is 24.5 Å². The minimum Gasteiger partial charge on any atom is -0.484 e. The fourth-order valence-electron chi connectivity index (χ4n) is 7.43. The highest BCUT2D eigenvalue weighted by Gasteiger charge is 2.41. The molecule has 4 heterocycles. The van der Waals surface area contributed by atoms with Crippen LogP contribution in [0.1, 0.15) is 28.8 Å². The number of para-hydroxylation sites is 3. The number of aromatic nitrogens is 5. The second-order valence-electron chi connectivity index (χ2n) is 12.6. The van der Waals surface area contributed by atoms with Gasteiger partial charge in [-0.3, -0.25) is 4.98 Å². The van der Waals surface area contributed by atoms with E-state index in [9.17, 15) is 0 Å². The van der Waals surface area contributed by atoms with Gasteiger partial charge in [0.25, 0.3) is 0 Å². The van der Waals surface area contributed by atoms with Crippen molar-refractivity contribution < 1.29 is 4.74 Å². The van der Waals surface area contributed by atoms with Gasteiger partial charge in [0, 0.05) is 39.9 Å². The monoisotopic (exact) mass is 643 g/mol. The molecule has 0 amide bonds. The molecule has 8 aromatic rings. The topological polar surface area (TPSA) is 65.7 Å². The van der Waals surface area contributed by atoms with E-state index >= 15 is 0 Å². The molecule has 0 bridgehead atoms. The number of pyridine rings is 1. The molecule has 0 spiro atoms. The zero-order valence-corrected chi connectivity index (χ0v) is 26.9. The molecule has 0 radical (unpaired) electrons. The third kappa shape index (κ3) is 4.57. The van der Waals surface area contributed by atoms with Crippen molar-refractivity contribution in [2.45, 2.75) is 12.0 Å². The molecule has 2 aliphatic rings. The third-order valence-electron chi connectivity index (χ3n) is 9.69. The normalized spacial score (nSPS) is 15.7. The lowest BCUT2D eigenvalue weighted by Gasteiger charge is -2.22. The zero-order chi connectivity index (χ0) is 33.0. The molecule has 3 aromatic heterocycles. The molecular formula is C44H29N5O. The lowest BCUT2D eigenvalue weighted by Crippen LogP contribution is -2.13. The van der Waals surface area contributed by atoms with E-state index in [4.69, 9.17) is 19.7 Å². The predicted octanol–water partition coefficient (Wildman–Crippen LogP) is 10.1. The molecule has 5 aromatic carbocycles. The average Bonchev–Trinajstić information content (AvgIpc) is 3.75. The van der Waals surface area contributed by atoms with Gasteiger partial charge in [-0.2, -0.15) is 0 Å². The van der Waals surface area contributed by atoms with E-state index in [0.717, 1.165) is 50.5 Å². The van der Waals surface area contributed by atoms with Crippen molar-refractivity contribution in [2.75, 3.05) is 0 Å². The van der Waals surface area contributed by atoms with Crippen LogP contribution in [0.25, 0.3) is 68.1 Å². The molecule has 236 valence electrons. The molecule has 1 aliphatic heterocycles. The van der Waals surface area contributed by atoms with E-state index in [0.29, 0.717) is 23.2 Å². The second-order valence-corrected chi connectivity index (χ2v) is 12.6. The first kappa shape index (κ1) is 28.4. The highest BCUT2D eigenvalue weighted by molar-refractivity contribution is 5.92. The fourth-order valence-corrected chi connectivity index (χ4v) is 7.43. The number of nitrogens with zero attached hydrogens (tertiary/aromatic N) is 5. The van der Waals surface area contributed by atoms with Crippen molar-refractivity contribution in [2.24, 2.45) is 0 Å². The average molecular weight is 644 g/mol. The van der Waals surface area contributed by atoms with Crippen LogP contribution in [-0.2, 0) is 0 Å². The Bertz CT molecular complexity index is 2580. The number of hydrogen-bond donors (Lipinski definition) is 0. The number of fused-ring (bicyclic) bond motifs is 7. The second kappa shape index (κ2) is 11.5. The fraction of sp³-hybridized carbons (Fsp3) is 0.0455. The summed E-state index contributed by atoms with van der Waals surface area (Å²) in [5.74, 6) is 2.49. The third-order valence-corrected chi connectivity index (χ3v) is 9.69. The van der Waals surface area contributed by atoms with E-state index in [1.54, 1.807) is 6.20 Å².